The number of benzene rings is 1. The summed E-state index contributed by atoms with van der Waals surface area (Å²) in [7, 11) is 0. The summed E-state index contributed by atoms with van der Waals surface area (Å²) in [5.41, 5.74) is 2.33. The average molecular weight is 424 g/mol. The molecule has 1 aliphatic rings. The van der Waals surface area contributed by atoms with Gasteiger partial charge < -0.3 is 4.90 Å². The topological polar surface area (TPSA) is 52.8 Å². The summed E-state index contributed by atoms with van der Waals surface area (Å²) >= 11 is 0. The van der Waals surface area contributed by atoms with Gasteiger partial charge >= 0.3 is 6.18 Å². The lowest BCUT2D eigenvalue weighted by molar-refractivity contribution is -0.137. The molecular weight excluding hydrogens is 401 g/mol. The van der Waals surface area contributed by atoms with Crippen LogP contribution in [0.25, 0.3) is 10.9 Å². The predicted molar refractivity (Wildman–Crippen MR) is 114 cm³/mol. The van der Waals surface area contributed by atoms with Crippen LogP contribution in [-0.2, 0) is 12.6 Å². The molecule has 0 aliphatic carbocycles. The van der Waals surface area contributed by atoms with Crippen LogP contribution >= 0.6 is 0 Å². The number of pyridine rings is 2. The summed E-state index contributed by atoms with van der Waals surface area (Å²) in [6.07, 6.45) is 0.852. The fraction of sp³-hybridized carbons (Fsp3) is 0.375. The average Bonchev–Trinajstić information content (AvgIpc) is 2.76. The zero-order chi connectivity index (χ0) is 22.0. The summed E-state index contributed by atoms with van der Waals surface area (Å²) in [6.45, 7) is 4.01. The molecule has 0 saturated carbocycles. The molecule has 1 aliphatic heterocycles. The van der Waals surface area contributed by atoms with Crippen LogP contribution < -0.4 is 4.90 Å². The van der Waals surface area contributed by atoms with Crippen molar-refractivity contribution >= 4 is 16.6 Å². The van der Waals surface area contributed by atoms with E-state index in [1.54, 1.807) is 6.20 Å². The molecule has 0 N–H and O–H groups in total. The lowest BCUT2D eigenvalue weighted by Gasteiger charge is -2.38. The minimum absolute atomic E-state index is 0.412. The van der Waals surface area contributed by atoms with Crippen LogP contribution in [0.15, 0.2) is 48.8 Å². The number of halogens is 3. The Hall–Kier alpha value is -3.14. The molecule has 160 valence electrons. The molecule has 0 radical (unpaired) electrons. The number of nitriles is 1. The van der Waals surface area contributed by atoms with Gasteiger partial charge in [0, 0.05) is 42.3 Å². The maximum absolute atomic E-state index is 12.7. The van der Waals surface area contributed by atoms with Crippen LogP contribution in [0, 0.1) is 23.2 Å². The first-order chi connectivity index (χ1) is 14.8. The van der Waals surface area contributed by atoms with E-state index in [9.17, 15) is 18.4 Å². The Labute approximate surface area is 179 Å². The summed E-state index contributed by atoms with van der Waals surface area (Å²) in [5, 5.41) is 10.4. The molecule has 1 fully saturated rings. The molecule has 4 nitrogen and oxygen atoms in total. The van der Waals surface area contributed by atoms with Crippen molar-refractivity contribution in [3.05, 3.63) is 65.6 Å². The fourth-order valence-corrected chi connectivity index (χ4v) is 4.50. The van der Waals surface area contributed by atoms with Crippen molar-refractivity contribution in [2.75, 3.05) is 18.0 Å². The number of aromatic nitrogens is 2. The summed E-state index contributed by atoms with van der Waals surface area (Å²) in [4.78, 5) is 10.8. The molecule has 4 rings (SSSR count). The van der Waals surface area contributed by atoms with E-state index in [1.807, 2.05) is 24.3 Å². The van der Waals surface area contributed by atoms with Crippen molar-refractivity contribution in [2.45, 2.75) is 32.4 Å². The lowest BCUT2D eigenvalue weighted by atomic mass is 9.86. The van der Waals surface area contributed by atoms with Gasteiger partial charge in [0.2, 0.25) is 0 Å². The molecule has 1 saturated heterocycles. The van der Waals surface area contributed by atoms with Crippen molar-refractivity contribution in [1.82, 2.24) is 9.97 Å². The number of aryl methyl sites for hydroxylation is 1. The second kappa shape index (κ2) is 8.54. The third-order valence-electron chi connectivity index (χ3n) is 5.91. The maximum atomic E-state index is 12.7. The van der Waals surface area contributed by atoms with Crippen molar-refractivity contribution in [3.63, 3.8) is 0 Å². The molecule has 31 heavy (non-hydrogen) atoms. The highest BCUT2D eigenvalue weighted by Gasteiger charge is 2.31. The van der Waals surface area contributed by atoms with E-state index in [1.165, 1.54) is 6.07 Å². The molecular formula is C24H23F3N4. The monoisotopic (exact) mass is 424 g/mol. The van der Waals surface area contributed by atoms with Gasteiger partial charge in [0.05, 0.1) is 16.6 Å². The number of alkyl halides is 3. The second-order valence-electron chi connectivity index (χ2n) is 8.33. The largest absolute Gasteiger partial charge is 0.417 e. The minimum atomic E-state index is -4.36. The van der Waals surface area contributed by atoms with Crippen LogP contribution in [-0.4, -0.2) is 23.1 Å². The zero-order valence-electron chi connectivity index (χ0n) is 17.2. The highest BCUT2D eigenvalue weighted by molar-refractivity contribution is 5.95. The van der Waals surface area contributed by atoms with Crippen molar-refractivity contribution in [3.8, 4) is 6.07 Å². The van der Waals surface area contributed by atoms with Crippen LogP contribution in [0.2, 0.25) is 0 Å². The van der Waals surface area contributed by atoms with Crippen molar-refractivity contribution < 1.29 is 13.2 Å². The zero-order valence-corrected chi connectivity index (χ0v) is 17.2. The minimum Gasteiger partial charge on any atom is -0.370 e. The van der Waals surface area contributed by atoms with Gasteiger partial charge in [-0.05, 0) is 67.5 Å². The van der Waals surface area contributed by atoms with Gasteiger partial charge in [0.25, 0.3) is 0 Å². The van der Waals surface area contributed by atoms with Crippen molar-refractivity contribution in [1.29, 1.82) is 5.26 Å². The molecule has 3 heterocycles. The Morgan fingerprint density at radius 3 is 2.68 bits per heavy atom. The number of hydrogen-bond donors (Lipinski definition) is 0. The number of nitrogens with zero attached hydrogens (tertiary/aromatic N) is 4. The molecule has 0 amide bonds. The summed E-state index contributed by atoms with van der Waals surface area (Å²) in [6, 6.07) is 12.5. The lowest BCUT2D eigenvalue weighted by Crippen LogP contribution is -2.40. The Kier molecular flexibility index (Phi) is 5.81. The molecule has 2 aromatic heterocycles. The Balaban J connectivity index is 1.49. The number of hydrogen-bond acceptors (Lipinski definition) is 4. The normalized spacial score (nSPS) is 19.4. The third-order valence-corrected chi connectivity index (χ3v) is 5.91. The van der Waals surface area contributed by atoms with E-state index in [-0.39, 0.29) is 0 Å². The van der Waals surface area contributed by atoms with E-state index in [4.69, 9.17) is 0 Å². The second-order valence-corrected chi connectivity index (χ2v) is 8.33. The molecule has 0 unspecified atom stereocenters. The SMILES string of the molecule is C[C@H]1C[C@@H](CCc2ccc(C(F)(F)F)cn2)CN(c2ccc(C#N)c3ncccc23)C1. The predicted octanol–water partition coefficient (Wildman–Crippen LogP) is 5.62. The first kappa shape index (κ1) is 21.1. The van der Waals surface area contributed by atoms with Gasteiger partial charge in [-0.3, -0.25) is 9.97 Å². The Morgan fingerprint density at radius 1 is 1.13 bits per heavy atom. The van der Waals surface area contributed by atoms with Gasteiger partial charge in [-0.25, -0.2) is 0 Å². The van der Waals surface area contributed by atoms with Crippen LogP contribution in [0.4, 0.5) is 18.9 Å². The van der Waals surface area contributed by atoms with Gasteiger partial charge in [-0.1, -0.05) is 6.92 Å². The van der Waals surface area contributed by atoms with Gasteiger partial charge in [0.1, 0.15) is 6.07 Å². The molecule has 3 aromatic rings. The van der Waals surface area contributed by atoms with Crippen LogP contribution in [0.1, 0.15) is 36.6 Å². The highest BCUT2D eigenvalue weighted by Crippen LogP contribution is 2.34. The van der Waals surface area contributed by atoms with E-state index in [2.05, 4.69) is 27.9 Å². The maximum Gasteiger partial charge on any atom is 0.417 e. The van der Waals surface area contributed by atoms with E-state index >= 15 is 0 Å². The van der Waals surface area contributed by atoms with E-state index < -0.39 is 11.7 Å². The van der Waals surface area contributed by atoms with Crippen molar-refractivity contribution in [2.24, 2.45) is 11.8 Å². The molecule has 2 atom stereocenters. The molecule has 0 bridgehead atoms. The molecule has 7 heteroatoms. The number of fused-ring (bicyclic) bond motifs is 1. The van der Waals surface area contributed by atoms with Crippen LogP contribution in [0.5, 0.6) is 0 Å². The van der Waals surface area contributed by atoms with Crippen LogP contribution in [0.3, 0.4) is 0 Å². The first-order valence-corrected chi connectivity index (χ1v) is 10.4. The number of rotatable bonds is 4. The Morgan fingerprint density at radius 2 is 1.97 bits per heavy atom. The quantitative estimate of drug-likeness (QED) is 0.546. The number of anilines is 1. The smallest absolute Gasteiger partial charge is 0.370 e. The first-order valence-electron chi connectivity index (χ1n) is 10.4. The molecule has 0 spiro atoms. The van der Waals surface area contributed by atoms with Gasteiger partial charge in [-0.15, -0.1) is 0 Å². The standard InChI is InChI=1S/C24H23F3N4/c1-16-11-17(4-7-20-8-6-19(13-30-20)24(25,26)27)15-31(14-16)22-9-5-18(12-28)23-21(22)3-2-10-29-23/h2-3,5-6,8-10,13,16-17H,4,7,11,14-15H2,1H3/t16-,17+/m0/s1. The fourth-order valence-electron chi connectivity index (χ4n) is 4.50. The number of piperidine rings is 1. The highest BCUT2D eigenvalue weighted by atomic mass is 19.4. The third kappa shape index (κ3) is 4.63. The van der Waals surface area contributed by atoms with Gasteiger partial charge in [0.15, 0.2) is 0 Å². The summed E-state index contributed by atoms with van der Waals surface area (Å²) in [5.74, 6) is 0.900. The van der Waals surface area contributed by atoms with E-state index in [0.29, 0.717) is 35.0 Å². The summed E-state index contributed by atoms with van der Waals surface area (Å²) < 4.78 is 38.2. The Bertz CT molecular complexity index is 1100. The molecule has 1 aromatic carbocycles. The van der Waals surface area contributed by atoms with Gasteiger partial charge in [-0.2, -0.15) is 18.4 Å². The van der Waals surface area contributed by atoms with E-state index in [0.717, 1.165) is 49.3 Å².